The van der Waals surface area contributed by atoms with Crippen LogP contribution in [-0.2, 0) is 11.2 Å². The van der Waals surface area contributed by atoms with Crippen LogP contribution in [0.15, 0.2) is 24.5 Å². The van der Waals surface area contributed by atoms with Crippen molar-refractivity contribution in [3.05, 3.63) is 30.1 Å². The average molecular weight is 218 g/mol. The van der Waals surface area contributed by atoms with E-state index in [2.05, 4.69) is 22.1 Å². The number of nitrogens with zero attached hydrogens (tertiary/aromatic N) is 1. The molecular formula is C12H14N2O2. The minimum Gasteiger partial charge on any atom is -0.396 e. The summed E-state index contributed by atoms with van der Waals surface area (Å²) in [5, 5.41) is 9.37. The Bertz CT molecular complexity index is 497. The Balaban J connectivity index is 1.88. The summed E-state index contributed by atoms with van der Waals surface area (Å²) < 4.78 is 5.19. The maximum Gasteiger partial charge on any atom is 0.0931 e. The van der Waals surface area contributed by atoms with E-state index in [1.165, 1.54) is 5.56 Å². The first-order valence-corrected chi connectivity index (χ1v) is 5.42. The summed E-state index contributed by atoms with van der Waals surface area (Å²) in [6.07, 6.45) is 2.56. The van der Waals surface area contributed by atoms with E-state index >= 15 is 0 Å². The first-order valence-electron chi connectivity index (χ1n) is 5.42. The molecule has 1 aliphatic heterocycles. The Morgan fingerprint density at radius 1 is 1.44 bits per heavy atom. The van der Waals surface area contributed by atoms with Crippen molar-refractivity contribution in [2.45, 2.75) is 6.42 Å². The molecule has 0 saturated carbocycles. The summed E-state index contributed by atoms with van der Waals surface area (Å²) >= 11 is 0. The van der Waals surface area contributed by atoms with E-state index in [9.17, 15) is 5.11 Å². The second-order valence-electron chi connectivity index (χ2n) is 4.58. The largest absolute Gasteiger partial charge is 0.396 e. The molecule has 4 nitrogen and oxygen atoms in total. The molecule has 0 bridgehead atoms. The second-order valence-corrected chi connectivity index (χ2v) is 4.58. The van der Waals surface area contributed by atoms with Gasteiger partial charge in [0, 0.05) is 5.41 Å². The van der Waals surface area contributed by atoms with Crippen LogP contribution < -0.4 is 0 Å². The molecule has 1 aromatic heterocycles. The van der Waals surface area contributed by atoms with Gasteiger partial charge in [0.15, 0.2) is 0 Å². The zero-order valence-electron chi connectivity index (χ0n) is 8.94. The van der Waals surface area contributed by atoms with Gasteiger partial charge in [-0.3, -0.25) is 0 Å². The van der Waals surface area contributed by atoms with Gasteiger partial charge >= 0.3 is 0 Å². The molecule has 2 heterocycles. The molecule has 1 fully saturated rings. The van der Waals surface area contributed by atoms with Crippen LogP contribution in [0.4, 0.5) is 0 Å². The molecule has 0 aliphatic carbocycles. The summed E-state index contributed by atoms with van der Waals surface area (Å²) in [7, 11) is 0. The van der Waals surface area contributed by atoms with Crippen LogP contribution in [0.2, 0.25) is 0 Å². The van der Waals surface area contributed by atoms with E-state index in [1.807, 2.05) is 6.07 Å². The van der Waals surface area contributed by atoms with Gasteiger partial charge in [0.25, 0.3) is 0 Å². The van der Waals surface area contributed by atoms with Gasteiger partial charge in [0.1, 0.15) is 0 Å². The number of H-pyrrole nitrogens is 1. The zero-order valence-corrected chi connectivity index (χ0v) is 8.94. The molecule has 4 heteroatoms. The number of aliphatic hydroxyl groups is 1. The summed E-state index contributed by atoms with van der Waals surface area (Å²) in [6, 6.07) is 6.17. The molecule has 1 aromatic carbocycles. The first kappa shape index (κ1) is 9.81. The molecule has 2 N–H and O–H groups in total. The van der Waals surface area contributed by atoms with Gasteiger partial charge in [-0.1, -0.05) is 6.07 Å². The third kappa shape index (κ3) is 1.50. The standard InChI is InChI=1S/C12H14N2O2/c15-5-12(6-16-7-12)4-9-1-2-10-11(3-9)14-8-13-10/h1-3,8,15H,4-7H2,(H,13,14). The van der Waals surface area contributed by atoms with E-state index in [1.54, 1.807) is 6.33 Å². The van der Waals surface area contributed by atoms with Crippen molar-refractivity contribution in [2.24, 2.45) is 5.41 Å². The fraction of sp³-hybridized carbons (Fsp3) is 0.417. The normalized spacial score (nSPS) is 18.6. The van der Waals surface area contributed by atoms with Crippen LogP contribution in [-0.4, -0.2) is 34.9 Å². The molecule has 0 amide bonds. The predicted molar refractivity (Wildman–Crippen MR) is 60.1 cm³/mol. The molecule has 3 rings (SSSR count). The number of ether oxygens (including phenoxy) is 1. The summed E-state index contributed by atoms with van der Waals surface area (Å²) in [6.45, 7) is 1.50. The lowest BCUT2D eigenvalue weighted by molar-refractivity contribution is -0.135. The van der Waals surface area contributed by atoms with E-state index < -0.39 is 0 Å². The number of rotatable bonds is 3. The fourth-order valence-corrected chi connectivity index (χ4v) is 2.17. The molecule has 1 saturated heterocycles. The summed E-state index contributed by atoms with van der Waals surface area (Å²) in [4.78, 5) is 7.28. The molecular weight excluding hydrogens is 204 g/mol. The molecule has 0 atom stereocenters. The van der Waals surface area contributed by atoms with Gasteiger partial charge in [0.2, 0.25) is 0 Å². The lowest BCUT2D eigenvalue weighted by Gasteiger charge is -2.40. The summed E-state index contributed by atoms with van der Waals surface area (Å²) in [5.41, 5.74) is 3.18. The van der Waals surface area contributed by atoms with Crippen LogP contribution in [0.25, 0.3) is 11.0 Å². The van der Waals surface area contributed by atoms with Crippen LogP contribution in [0.1, 0.15) is 5.56 Å². The van der Waals surface area contributed by atoms with Crippen molar-refractivity contribution in [1.82, 2.24) is 9.97 Å². The number of imidazole rings is 1. The van der Waals surface area contributed by atoms with Gasteiger partial charge < -0.3 is 14.8 Å². The van der Waals surface area contributed by atoms with Crippen molar-refractivity contribution in [1.29, 1.82) is 0 Å². The Kier molecular flexibility index (Phi) is 2.19. The van der Waals surface area contributed by atoms with Crippen LogP contribution in [0.3, 0.4) is 0 Å². The van der Waals surface area contributed by atoms with Gasteiger partial charge in [-0.05, 0) is 24.1 Å². The van der Waals surface area contributed by atoms with E-state index in [0.29, 0.717) is 13.2 Å². The molecule has 0 unspecified atom stereocenters. The van der Waals surface area contributed by atoms with Crippen molar-refractivity contribution >= 4 is 11.0 Å². The molecule has 1 aliphatic rings. The second kappa shape index (κ2) is 3.57. The molecule has 0 radical (unpaired) electrons. The number of benzene rings is 1. The van der Waals surface area contributed by atoms with Gasteiger partial charge in [0.05, 0.1) is 37.2 Å². The van der Waals surface area contributed by atoms with Gasteiger partial charge in [-0.15, -0.1) is 0 Å². The molecule has 84 valence electrons. The van der Waals surface area contributed by atoms with Crippen molar-refractivity contribution in [3.8, 4) is 0 Å². The number of hydrogen-bond donors (Lipinski definition) is 2. The molecule has 16 heavy (non-hydrogen) atoms. The SMILES string of the molecule is OCC1(Cc2ccc3nc[nH]c3c2)COC1. The lowest BCUT2D eigenvalue weighted by Crippen LogP contribution is -2.47. The third-order valence-corrected chi connectivity index (χ3v) is 3.22. The highest BCUT2D eigenvalue weighted by molar-refractivity contribution is 5.75. The third-order valence-electron chi connectivity index (χ3n) is 3.22. The minimum atomic E-state index is -0.0618. The van der Waals surface area contributed by atoms with E-state index in [0.717, 1.165) is 17.5 Å². The number of nitrogens with one attached hydrogen (secondary N) is 1. The fourth-order valence-electron chi connectivity index (χ4n) is 2.17. The topological polar surface area (TPSA) is 58.1 Å². The number of hydrogen-bond acceptors (Lipinski definition) is 3. The Morgan fingerprint density at radius 3 is 3.00 bits per heavy atom. The smallest absolute Gasteiger partial charge is 0.0931 e. The maximum atomic E-state index is 9.37. The van der Waals surface area contributed by atoms with Crippen LogP contribution >= 0.6 is 0 Å². The van der Waals surface area contributed by atoms with Crippen molar-refractivity contribution in [2.75, 3.05) is 19.8 Å². The van der Waals surface area contributed by atoms with E-state index in [-0.39, 0.29) is 12.0 Å². The van der Waals surface area contributed by atoms with E-state index in [4.69, 9.17) is 4.74 Å². The average Bonchev–Trinajstić information content (AvgIpc) is 2.70. The molecule has 0 spiro atoms. The predicted octanol–water partition coefficient (Wildman–Crippen LogP) is 1.11. The highest BCUT2D eigenvalue weighted by Gasteiger charge is 2.37. The van der Waals surface area contributed by atoms with Gasteiger partial charge in [-0.2, -0.15) is 0 Å². The minimum absolute atomic E-state index is 0.0618. The van der Waals surface area contributed by atoms with Gasteiger partial charge in [-0.25, -0.2) is 4.98 Å². The number of aromatic amines is 1. The van der Waals surface area contributed by atoms with Crippen molar-refractivity contribution in [3.63, 3.8) is 0 Å². The summed E-state index contributed by atoms with van der Waals surface area (Å²) in [5.74, 6) is 0. The Labute approximate surface area is 93.3 Å². The zero-order chi connectivity index (χ0) is 11.0. The monoisotopic (exact) mass is 218 g/mol. The first-order chi connectivity index (χ1) is 7.81. The number of fused-ring (bicyclic) bond motifs is 1. The molecule has 2 aromatic rings. The number of aliphatic hydroxyl groups excluding tert-OH is 1. The Hall–Kier alpha value is -1.39. The quantitative estimate of drug-likeness (QED) is 0.811. The lowest BCUT2D eigenvalue weighted by atomic mass is 9.80. The maximum absolute atomic E-state index is 9.37. The highest BCUT2D eigenvalue weighted by atomic mass is 16.5. The highest BCUT2D eigenvalue weighted by Crippen LogP contribution is 2.31. The van der Waals surface area contributed by atoms with Crippen molar-refractivity contribution < 1.29 is 9.84 Å². The Morgan fingerprint density at radius 2 is 2.31 bits per heavy atom. The van der Waals surface area contributed by atoms with Crippen LogP contribution in [0.5, 0.6) is 0 Å². The van der Waals surface area contributed by atoms with Crippen LogP contribution in [0, 0.1) is 5.41 Å². The number of aromatic nitrogens is 2.